The van der Waals surface area contributed by atoms with Crippen molar-refractivity contribution in [3.63, 3.8) is 0 Å². The highest BCUT2D eigenvalue weighted by molar-refractivity contribution is 5.81. The molecule has 0 aromatic carbocycles. The summed E-state index contributed by atoms with van der Waals surface area (Å²) >= 11 is 0. The van der Waals surface area contributed by atoms with E-state index < -0.39 is 12.1 Å². The molecule has 0 rings (SSSR count). The van der Waals surface area contributed by atoms with Crippen LogP contribution in [0.15, 0.2) is 24.8 Å². The molecule has 0 aliphatic heterocycles. The summed E-state index contributed by atoms with van der Waals surface area (Å²) < 4.78 is 4.55. The van der Waals surface area contributed by atoms with E-state index in [0.717, 1.165) is 6.08 Å². The lowest BCUT2D eigenvalue weighted by Gasteiger charge is -2.04. The van der Waals surface area contributed by atoms with Gasteiger partial charge in [0.25, 0.3) is 0 Å². The molecule has 3 nitrogen and oxygen atoms in total. The van der Waals surface area contributed by atoms with Crippen LogP contribution in [0.3, 0.4) is 0 Å². The van der Waals surface area contributed by atoms with Gasteiger partial charge in [-0.1, -0.05) is 18.7 Å². The molecule has 1 unspecified atom stereocenters. The van der Waals surface area contributed by atoms with E-state index in [-0.39, 0.29) is 6.61 Å². The van der Waals surface area contributed by atoms with Gasteiger partial charge < -0.3 is 9.84 Å². The quantitative estimate of drug-likeness (QED) is 0.369. The van der Waals surface area contributed by atoms with Crippen molar-refractivity contribution in [2.75, 3.05) is 6.61 Å². The Hall–Kier alpha value is -1.09. The van der Waals surface area contributed by atoms with Crippen molar-refractivity contribution in [3.05, 3.63) is 24.8 Å². The zero-order valence-corrected chi connectivity index (χ0v) is 6.49. The van der Waals surface area contributed by atoms with Gasteiger partial charge in [0.2, 0.25) is 0 Å². The van der Waals surface area contributed by atoms with Crippen molar-refractivity contribution in [1.82, 2.24) is 0 Å². The molecule has 0 amide bonds. The molecule has 11 heavy (non-hydrogen) atoms. The van der Waals surface area contributed by atoms with Crippen LogP contribution >= 0.6 is 0 Å². The third-order valence-corrected chi connectivity index (χ3v) is 0.978. The Morgan fingerprint density at radius 3 is 2.91 bits per heavy atom. The van der Waals surface area contributed by atoms with Crippen molar-refractivity contribution < 1.29 is 14.6 Å². The first-order valence-corrected chi connectivity index (χ1v) is 3.30. The van der Waals surface area contributed by atoms with E-state index in [1.54, 1.807) is 13.0 Å². The number of carbonyl (C=O) groups excluding carboxylic acids is 1. The number of hydrogen-bond acceptors (Lipinski definition) is 3. The molecule has 0 aromatic rings. The molecule has 0 aliphatic rings. The summed E-state index contributed by atoms with van der Waals surface area (Å²) in [6.45, 7) is 4.97. The summed E-state index contributed by atoms with van der Waals surface area (Å²) in [5.74, 6) is -0.520. The molecule has 1 N–H and O–H groups in total. The lowest BCUT2D eigenvalue weighted by molar-refractivity contribution is -0.139. The first-order chi connectivity index (χ1) is 5.20. The third-order valence-electron chi connectivity index (χ3n) is 0.978. The molecule has 0 bridgehead atoms. The zero-order valence-electron chi connectivity index (χ0n) is 6.49. The highest BCUT2D eigenvalue weighted by Crippen LogP contribution is 1.88. The van der Waals surface area contributed by atoms with Crippen LogP contribution in [-0.4, -0.2) is 23.8 Å². The minimum Gasteiger partial charge on any atom is -0.459 e. The van der Waals surface area contributed by atoms with E-state index in [2.05, 4.69) is 11.3 Å². The van der Waals surface area contributed by atoms with Gasteiger partial charge in [-0.25, -0.2) is 4.79 Å². The van der Waals surface area contributed by atoms with Crippen molar-refractivity contribution in [2.45, 2.75) is 13.0 Å². The fourth-order valence-corrected chi connectivity index (χ4v) is 0.504. The van der Waals surface area contributed by atoms with Crippen molar-refractivity contribution in [1.29, 1.82) is 0 Å². The second-order valence-corrected chi connectivity index (χ2v) is 1.93. The van der Waals surface area contributed by atoms with Gasteiger partial charge in [-0.3, -0.25) is 0 Å². The standard InChI is InChI=1S/C8H12O3/c1-3-5-7(9)6-11-8(10)4-2/h3-5,7,9H,2,6H2,1H3. The minimum atomic E-state index is -0.719. The van der Waals surface area contributed by atoms with Crippen LogP contribution in [-0.2, 0) is 9.53 Å². The monoisotopic (exact) mass is 156 g/mol. The number of aliphatic hydroxyl groups is 1. The van der Waals surface area contributed by atoms with E-state index in [9.17, 15) is 4.79 Å². The fraction of sp³-hybridized carbons (Fsp3) is 0.375. The van der Waals surface area contributed by atoms with E-state index in [1.165, 1.54) is 6.08 Å². The predicted octanol–water partition coefficient (Wildman–Crippen LogP) is 0.653. The summed E-state index contributed by atoms with van der Waals surface area (Å²) in [5, 5.41) is 9.00. The van der Waals surface area contributed by atoms with Gasteiger partial charge in [-0.2, -0.15) is 0 Å². The van der Waals surface area contributed by atoms with Crippen molar-refractivity contribution in [3.8, 4) is 0 Å². The Balaban J connectivity index is 3.53. The van der Waals surface area contributed by atoms with Gasteiger partial charge in [-0.05, 0) is 6.92 Å². The van der Waals surface area contributed by atoms with Crippen LogP contribution in [0.1, 0.15) is 6.92 Å². The number of rotatable bonds is 4. The second-order valence-electron chi connectivity index (χ2n) is 1.93. The van der Waals surface area contributed by atoms with Gasteiger partial charge in [0.15, 0.2) is 0 Å². The average Bonchev–Trinajstić information content (AvgIpc) is 2.01. The van der Waals surface area contributed by atoms with E-state index >= 15 is 0 Å². The molecule has 0 heterocycles. The minimum absolute atomic E-state index is 0.0187. The summed E-state index contributed by atoms with van der Waals surface area (Å²) in [4.78, 5) is 10.4. The normalized spacial score (nSPS) is 12.9. The van der Waals surface area contributed by atoms with Gasteiger partial charge in [0, 0.05) is 6.08 Å². The summed E-state index contributed by atoms with van der Waals surface area (Å²) in [7, 11) is 0. The molecule has 0 saturated heterocycles. The maximum Gasteiger partial charge on any atom is 0.330 e. The smallest absolute Gasteiger partial charge is 0.330 e. The van der Waals surface area contributed by atoms with Gasteiger partial charge >= 0.3 is 5.97 Å². The lowest BCUT2D eigenvalue weighted by atomic mass is 10.3. The summed E-state index contributed by atoms with van der Waals surface area (Å²) in [6, 6.07) is 0. The highest BCUT2D eigenvalue weighted by Gasteiger charge is 2.00. The Kier molecular flexibility index (Phi) is 5.11. The van der Waals surface area contributed by atoms with Crippen LogP contribution in [0.4, 0.5) is 0 Å². The summed E-state index contributed by atoms with van der Waals surface area (Å²) in [6.07, 6.45) is 3.56. The number of esters is 1. The fourth-order valence-electron chi connectivity index (χ4n) is 0.504. The molecule has 0 aliphatic carbocycles. The SMILES string of the molecule is C=CC(=O)OCC(O)C=CC. The Labute approximate surface area is 66.0 Å². The summed E-state index contributed by atoms with van der Waals surface area (Å²) in [5.41, 5.74) is 0. The molecule has 62 valence electrons. The highest BCUT2D eigenvalue weighted by atomic mass is 16.5. The number of allylic oxidation sites excluding steroid dienone is 1. The average molecular weight is 156 g/mol. The molecule has 0 radical (unpaired) electrons. The van der Waals surface area contributed by atoms with Crippen molar-refractivity contribution >= 4 is 5.97 Å². The van der Waals surface area contributed by atoms with Crippen LogP contribution in [0.25, 0.3) is 0 Å². The maximum absolute atomic E-state index is 10.4. The number of ether oxygens (including phenoxy) is 1. The topological polar surface area (TPSA) is 46.5 Å². The molecular weight excluding hydrogens is 144 g/mol. The second kappa shape index (κ2) is 5.68. The Morgan fingerprint density at radius 2 is 2.45 bits per heavy atom. The van der Waals surface area contributed by atoms with Crippen LogP contribution in [0.2, 0.25) is 0 Å². The van der Waals surface area contributed by atoms with Gasteiger partial charge in [0.1, 0.15) is 12.7 Å². The molecule has 1 atom stereocenters. The number of carbonyl (C=O) groups is 1. The molecule has 0 fully saturated rings. The lowest BCUT2D eigenvalue weighted by Crippen LogP contribution is -2.14. The third kappa shape index (κ3) is 5.36. The zero-order chi connectivity index (χ0) is 8.69. The van der Waals surface area contributed by atoms with Gasteiger partial charge in [0.05, 0.1) is 0 Å². The first-order valence-electron chi connectivity index (χ1n) is 3.30. The Bertz CT molecular complexity index is 161. The van der Waals surface area contributed by atoms with Crippen molar-refractivity contribution in [2.24, 2.45) is 0 Å². The number of aliphatic hydroxyl groups excluding tert-OH is 1. The molecule has 3 heteroatoms. The molecule has 0 saturated carbocycles. The van der Waals surface area contributed by atoms with E-state index in [0.29, 0.717) is 0 Å². The largest absolute Gasteiger partial charge is 0.459 e. The van der Waals surface area contributed by atoms with Crippen LogP contribution in [0.5, 0.6) is 0 Å². The Morgan fingerprint density at radius 1 is 1.82 bits per heavy atom. The predicted molar refractivity (Wildman–Crippen MR) is 42.0 cm³/mol. The molecule has 0 spiro atoms. The van der Waals surface area contributed by atoms with E-state index in [4.69, 9.17) is 5.11 Å². The molecule has 0 aromatic heterocycles. The van der Waals surface area contributed by atoms with Crippen LogP contribution < -0.4 is 0 Å². The first kappa shape index (κ1) is 9.91. The van der Waals surface area contributed by atoms with E-state index in [1.807, 2.05) is 0 Å². The maximum atomic E-state index is 10.4. The van der Waals surface area contributed by atoms with Crippen LogP contribution in [0, 0.1) is 0 Å². The van der Waals surface area contributed by atoms with Gasteiger partial charge in [-0.15, -0.1) is 0 Å². The molecular formula is C8H12O3. The number of hydrogen-bond donors (Lipinski definition) is 1.